The highest BCUT2D eigenvalue weighted by Gasteiger charge is 2.20. The lowest BCUT2D eigenvalue weighted by atomic mass is 10.3. The minimum absolute atomic E-state index is 0.209. The van der Waals surface area contributed by atoms with Crippen molar-refractivity contribution in [1.82, 2.24) is 4.98 Å². The van der Waals surface area contributed by atoms with Crippen molar-refractivity contribution in [2.45, 2.75) is 16.8 Å². The van der Waals surface area contributed by atoms with Gasteiger partial charge in [0.25, 0.3) is 0 Å². The van der Waals surface area contributed by atoms with E-state index in [1.165, 1.54) is 14.0 Å². The van der Waals surface area contributed by atoms with E-state index in [2.05, 4.69) is 4.98 Å². The van der Waals surface area contributed by atoms with Crippen molar-refractivity contribution in [3.05, 3.63) is 42.6 Å². The van der Waals surface area contributed by atoms with Gasteiger partial charge in [0.1, 0.15) is 26.5 Å². The number of methoxy groups -OCH3 is 1. The standard InChI is InChI=1S/C14H13NO4S/c1-10(16)19-12-7-5-6-11(18-2)14(12)20(17)13-8-3-4-9-15-13/h3-9H,1-2H3. The quantitative estimate of drug-likeness (QED) is 0.638. The van der Waals surface area contributed by atoms with Crippen LogP contribution in [0.1, 0.15) is 6.92 Å². The maximum Gasteiger partial charge on any atom is 0.308 e. The molecule has 0 N–H and O–H groups in total. The van der Waals surface area contributed by atoms with Crippen molar-refractivity contribution in [3.8, 4) is 11.5 Å². The van der Waals surface area contributed by atoms with Gasteiger partial charge in [0.2, 0.25) is 0 Å². The molecule has 0 aliphatic rings. The minimum Gasteiger partial charge on any atom is -0.495 e. The van der Waals surface area contributed by atoms with Crippen LogP contribution in [0.25, 0.3) is 0 Å². The number of pyridine rings is 1. The van der Waals surface area contributed by atoms with Crippen LogP contribution in [0.2, 0.25) is 0 Å². The number of ether oxygens (including phenoxy) is 2. The molecule has 20 heavy (non-hydrogen) atoms. The fraction of sp³-hybridized carbons (Fsp3) is 0.143. The molecular formula is C14H13NO4S. The molecule has 0 bridgehead atoms. The number of benzene rings is 1. The number of hydrogen-bond acceptors (Lipinski definition) is 5. The summed E-state index contributed by atoms with van der Waals surface area (Å²) in [7, 11) is -0.135. The lowest BCUT2D eigenvalue weighted by Crippen LogP contribution is -2.07. The maximum atomic E-state index is 12.6. The van der Waals surface area contributed by atoms with Gasteiger partial charge in [0, 0.05) is 13.1 Å². The third kappa shape index (κ3) is 3.03. The number of carbonyl (C=O) groups excluding carboxylic acids is 1. The Kier molecular flexibility index (Phi) is 4.47. The molecule has 2 rings (SSSR count). The first-order valence-electron chi connectivity index (χ1n) is 5.81. The molecule has 1 aromatic carbocycles. The van der Waals surface area contributed by atoms with E-state index in [9.17, 15) is 9.00 Å². The van der Waals surface area contributed by atoms with Crippen LogP contribution >= 0.6 is 0 Å². The van der Waals surface area contributed by atoms with Gasteiger partial charge in [0.15, 0.2) is 5.75 Å². The van der Waals surface area contributed by atoms with Gasteiger partial charge in [-0.1, -0.05) is 12.1 Å². The highest BCUT2D eigenvalue weighted by Crippen LogP contribution is 2.34. The molecule has 0 aliphatic heterocycles. The van der Waals surface area contributed by atoms with Gasteiger partial charge in [-0.05, 0) is 24.3 Å². The van der Waals surface area contributed by atoms with Crippen molar-refractivity contribution >= 4 is 16.8 Å². The number of carbonyl (C=O) groups is 1. The molecule has 2 aromatic rings. The Hall–Kier alpha value is -2.21. The molecule has 1 atom stereocenters. The lowest BCUT2D eigenvalue weighted by molar-refractivity contribution is -0.132. The molecule has 1 unspecified atom stereocenters. The predicted molar refractivity (Wildman–Crippen MR) is 73.2 cm³/mol. The van der Waals surface area contributed by atoms with E-state index in [0.717, 1.165) is 0 Å². The van der Waals surface area contributed by atoms with Gasteiger partial charge in [-0.15, -0.1) is 0 Å². The Morgan fingerprint density at radius 3 is 2.50 bits per heavy atom. The van der Waals surface area contributed by atoms with E-state index in [1.54, 1.807) is 42.6 Å². The summed E-state index contributed by atoms with van der Waals surface area (Å²) in [5, 5.41) is 0.366. The van der Waals surface area contributed by atoms with Gasteiger partial charge >= 0.3 is 5.97 Å². The van der Waals surface area contributed by atoms with Crippen LogP contribution in [0.5, 0.6) is 11.5 Å². The summed E-state index contributed by atoms with van der Waals surface area (Å²) in [6.07, 6.45) is 1.55. The Morgan fingerprint density at radius 2 is 1.90 bits per heavy atom. The third-order valence-corrected chi connectivity index (χ3v) is 3.82. The number of rotatable bonds is 4. The van der Waals surface area contributed by atoms with Crippen LogP contribution in [0.3, 0.4) is 0 Å². The van der Waals surface area contributed by atoms with E-state index in [4.69, 9.17) is 9.47 Å². The zero-order chi connectivity index (χ0) is 14.5. The second-order valence-electron chi connectivity index (χ2n) is 3.82. The molecule has 5 nitrogen and oxygen atoms in total. The van der Waals surface area contributed by atoms with Gasteiger partial charge in [-0.2, -0.15) is 0 Å². The zero-order valence-corrected chi connectivity index (χ0v) is 11.8. The Labute approximate surface area is 119 Å². The van der Waals surface area contributed by atoms with Gasteiger partial charge in [-0.25, -0.2) is 9.19 Å². The first-order valence-corrected chi connectivity index (χ1v) is 6.96. The molecule has 6 heteroatoms. The molecule has 0 fully saturated rings. The van der Waals surface area contributed by atoms with Crippen molar-refractivity contribution < 1.29 is 18.5 Å². The highest BCUT2D eigenvalue weighted by molar-refractivity contribution is 7.85. The third-order valence-electron chi connectivity index (χ3n) is 2.43. The van der Waals surface area contributed by atoms with Gasteiger partial charge < -0.3 is 9.47 Å². The molecular weight excluding hydrogens is 278 g/mol. The number of aromatic nitrogens is 1. The smallest absolute Gasteiger partial charge is 0.308 e. The number of nitrogens with zero attached hydrogens (tertiary/aromatic N) is 1. The molecule has 104 valence electrons. The van der Waals surface area contributed by atoms with Crippen molar-refractivity contribution in [2.75, 3.05) is 7.11 Å². The van der Waals surface area contributed by atoms with Crippen molar-refractivity contribution in [3.63, 3.8) is 0 Å². The molecule has 0 spiro atoms. The summed E-state index contributed by atoms with van der Waals surface area (Å²) in [5.41, 5.74) is 0. The fourth-order valence-corrected chi connectivity index (χ4v) is 2.83. The summed E-state index contributed by atoms with van der Waals surface area (Å²) >= 11 is 0. The van der Waals surface area contributed by atoms with Crippen LogP contribution in [-0.4, -0.2) is 22.3 Å². The summed E-state index contributed by atoms with van der Waals surface area (Å²) in [4.78, 5) is 15.5. The van der Waals surface area contributed by atoms with Crippen LogP contribution in [0, 0.1) is 0 Å². The average molecular weight is 291 g/mol. The molecule has 0 amide bonds. The Balaban J connectivity index is 2.53. The molecule has 1 heterocycles. The first kappa shape index (κ1) is 14.2. The summed E-state index contributed by atoms with van der Waals surface area (Å²) in [6.45, 7) is 1.28. The monoisotopic (exact) mass is 291 g/mol. The molecule has 0 saturated heterocycles. The first-order chi connectivity index (χ1) is 9.63. The highest BCUT2D eigenvalue weighted by atomic mass is 32.2. The summed E-state index contributed by atoms with van der Waals surface area (Å²) in [5.74, 6) is 0.103. The van der Waals surface area contributed by atoms with E-state index in [1.807, 2.05) is 0 Å². The van der Waals surface area contributed by atoms with Gasteiger partial charge in [0.05, 0.1) is 7.11 Å². The Morgan fingerprint density at radius 1 is 1.15 bits per heavy atom. The van der Waals surface area contributed by atoms with Crippen LogP contribution in [0.4, 0.5) is 0 Å². The Bertz CT molecular complexity index is 643. The van der Waals surface area contributed by atoms with Crippen molar-refractivity contribution in [1.29, 1.82) is 0 Å². The zero-order valence-electron chi connectivity index (χ0n) is 11.0. The minimum atomic E-state index is -1.60. The molecule has 0 radical (unpaired) electrons. The van der Waals surface area contributed by atoms with Crippen LogP contribution in [-0.2, 0) is 15.6 Å². The van der Waals surface area contributed by atoms with E-state index in [0.29, 0.717) is 15.7 Å². The predicted octanol–water partition coefficient (Wildman–Crippen LogP) is 2.18. The average Bonchev–Trinajstić information content (AvgIpc) is 2.46. The molecule has 0 saturated carbocycles. The second-order valence-corrected chi connectivity index (χ2v) is 5.18. The van der Waals surface area contributed by atoms with Crippen LogP contribution < -0.4 is 9.47 Å². The maximum absolute atomic E-state index is 12.6. The topological polar surface area (TPSA) is 65.5 Å². The largest absolute Gasteiger partial charge is 0.495 e. The second kappa shape index (κ2) is 6.29. The lowest BCUT2D eigenvalue weighted by Gasteiger charge is -2.12. The summed E-state index contributed by atoms with van der Waals surface area (Å²) < 4.78 is 22.9. The molecule has 0 aliphatic carbocycles. The van der Waals surface area contributed by atoms with Gasteiger partial charge in [-0.3, -0.25) is 4.79 Å². The molecule has 1 aromatic heterocycles. The fourth-order valence-electron chi connectivity index (χ4n) is 1.64. The summed E-state index contributed by atoms with van der Waals surface area (Å²) in [6, 6.07) is 10.00. The van der Waals surface area contributed by atoms with E-state index < -0.39 is 16.8 Å². The SMILES string of the molecule is COc1cccc(OC(C)=O)c1S(=O)c1ccccn1. The number of hydrogen-bond donors (Lipinski definition) is 0. The normalized spacial score (nSPS) is 11.7. The number of esters is 1. The van der Waals surface area contributed by atoms with Crippen molar-refractivity contribution in [2.24, 2.45) is 0 Å². The van der Waals surface area contributed by atoms with E-state index >= 15 is 0 Å². The van der Waals surface area contributed by atoms with Crippen LogP contribution in [0.15, 0.2) is 52.5 Å². The van der Waals surface area contributed by atoms with E-state index in [-0.39, 0.29) is 5.75 Å².